The van der Waals surface area contributed by atoms with Crippen LogP contribution in [0.15, 0.2) is 60.9 Å². The molecule has 0 aliphatic carbocycles. The van der Waals surface area contributed by atoms with Gasteiger partial charge < -0.3 is 9.84 Å². The second-order valence-corrected chi connectivity index (χ2v) is 8.16. The average molecular weight is 425 g/mol. The number of piperidine rings is 1. The zero-order chi connectivity index (χ0) is 21.7. The Morgan fingerprint density at radius 2 is 1.84 bits per heavy atom. The number of likely N-dealkylation sites (tertiary alicyclic amines) is 1. The van der Waals surface area contributed by atoms with Crippen molar-refractivity contribution >= 4 is 0 Å². The lowest BCUT2D eigenvalue weighted by Crippen LogP contribution is -2.46. The summed E-state index contributed by atoms with van der Waals surface area (Å²) >= 11 is 0. The number of aliphatic hydroxyl groups is 1. The molecule has 2 heterocycles. The Labute approximate surface area is 180 Å². The molecule has 1 saturated heterocycles. The van der Waals surface area contributed by atoms with E-state index in [4.69, 9.17) is 4.74 Å². The second kappa shape index (κ2) is 9.49. The third kappa shape index (κ3) is 5.42. The molecule has 0 saturated carbocycles. The van der Waals surface area contributed by atoms with Crippen molar-refractivity contribution in [1.29, 1.82) is 0 Å². The van der Waals surface area contributed by atoms with Crippen LogP contribution in [0.25, 0.3) is 0 Å². The number of aliphatic hydroxyl groups excluding tert-OH is 1. The van der Waals surface area contributed by atoms with E-state index in [9.17, 15) is 13.9 Å². The van der Waals surface area contributed by atoms with Crippen LogP contribution in [-0.2, 0) is 13.0 Å². The van der Waals surface area contributed by atoms with E-state index in [0.29, 0.717) is 30.3 Å². The van der Waals surface area contributed by atoms with E-state index in [0.717, 1.165) is 37.6 Å². The van der Waals surface area contributed by atoms with Crippen LogP contribution < -0.4 is 4.74 Å². The molecule has 1 atom stereocenters. The minimum Gasteiger partial charge on any atom is -0.424 e. The molecule has 4 rings (SSSR count). The summed E-state index contributed by atoms with van der Waals surface area (Å²) in [7, 11) is 0. The molecule has 0 spiro atoms. The number of hydrogen-bond donors (Lipinski definition) is 1. The molecule has 162 valence electrons. The van der Waals surface area contributed by atoms with E-state index in [1.165, 1.54) is 12.1 Å². The normalized spacial score (nSPS) is 19.3. The maximum atomic E-state index is 14.2. The first kappa shape index (κ1) is 21.3. The summed E-state index contributed by atoms with van der Waals surface area (Å²) in [5.41, 5.74) is 1.12. The van der Waals surface area contributed by atoms with Crippen LogP contribution in [-0.4, -0.2) is 39.7 Å². The van der Waals surface area contributed by atoms with Gasteiger partial charge in [0.05, 0.1) is 6.61 Å². The number of hydrogen-bond acceptors (Lipinski definition) is 5. The van der Waals surface area contributed by atoms with E-state index in [1.807, 2.05) is 24.3 Å². The largest absolute Gasteiger partial charge is 0.424 e. The fourth-order valence-electron chi connectivity index (χ4n) is 4.21. The van der Waals surface area contributed by atoms with E-state index in [2.05, 4.69) is 14.9 Å². The molecular weight excluding hydrogens is 400 g/mol. The van der Waals surface area contributed by atoms with Crippen molar-refractivity contribution in [3.05, 3.63) is 83.7 Å². The minimum atomic E-state index is -0.587. The van der Waals surface area contributed by atoms with Crippen LogP contribution in [0.4, 0.5) is 8.78 Å². The summed E-state index contributed by atoms with van der Waals surface area (Å²) in [6, 6.07) is 13.4. The first-order valence-corrected chi connectivity index (χ1v) is 10.4. The molecule has 0 radical (unpaired) electrons. The van der Waals surface area contributed by atoms with Gasteiger partial charge in [0.25, 0.3) is 0 Å². The third-order valence-corrected chi connectivity index (χ3v) is 5.74. The Bertz CT molecular complexity index is 1000. The lowest BCUT2D eigenvalue weighted by molar-refractivity contribution is 0.0282. The van der Waals surface area contributed by atoms with Gasteiger partial charge in [0.2, 0.25) is 0 Å². The Morgan fingerprint density at radius 3 is 2.55 bits per heavy atom. The number of rotatable bonds is 7. The van der Waals surface area contributed by atoms with E-state index in [1.54, 1.807) is 18.5 Å². The quantitative estimate of drug-likeness (QED) is 0.609. The SMILES string of the molecule is OC[C@@]1(Cc2ccc(F)cc2F)CCCN(Cc2ccc(Oc3ncccn3)cc2)C1. The van der Waals surface area contributed by atoms with Crippen LogP contribution in [0, 0.1) is 17.0 Å². The zero-order valence-electron chi connectivity index (χ0n) is 17.2. The van der Waals surface area contributed by atoms with Crippen molar-refractivity contribution in [2.24, 2.45) is 5.41 Å². The van der Waals surface area contributed by atoms with Crippen molar-refractivity contribution < 1.29 is 18.6 Å². The summed E-state index contributed by atoms with van der Waals surface area (Å²) in [5, 5.41) is 10.2. The van der Waals surface area contributed by atoms with Crippen molar-refractivity contribution in [2.75, 3.05) is 19.7 Å². The molecule has 3 aromatic rings. The fourth-order valence-corrected chi connectivity index (χ4v) is 4.21. The number of ether oxygens (including phenoxy) is 1. The summed E-state index contributed by atoms with van der Waals surface area (Å²) in [6.07, 6.45) is 5.35. The van der Waals surface area contributed by atoms with E-state index >= 15 is 0 Å². The van der Waals surface area contributed by atoms with Gasteiger partial charge in [-0.05, 0) is 61.2 Å². The van der Waals surface area contributed by atoms with E-state index < -0.39 is 17.0 Å². The molecule has 2 aromatic carbocycles. The first-order chi connectivity index (χ1) is 15.0. The molecule has 7 heteroatoms. The van der Waals surface area contributed by atoms with Crippen molar-refractivity contribution in [3.8, 4) is 11.8 Å². The van der Waals surface area contributed by atoms with Crippen molar-refractivity contribution in [2.45, 2.75) is 25.8 Å². The van der Waals surface area contributed by atoms with E-state index in [-0.39, 0.29) is 6.61 Å². The lowest BCUT2D eigenvalue weighted by Gasteiger charge is -2.42. The van der Waals surface area contributed by atoms with Gasteiger partial charge in [-0.1, -0.05) is 18.2 Å². The number of aromatic nitrogens is 2. The molecule has 0 unspecified atom stereocenters. The molecule has 0 amide bonds. The highest BCUT2D eigenvalue weighted by Gasteiger charge is 2.35. The summed E-state index contributed by atoms with van der Waals surface area (Å²) in [6.45, 7) is 2.24. The lowest BCUT2D eigenvalue weighted by atomic mass is 9.75. The maximum absolute atomic E-state index is 14.2. The summed E-state index contributed by atoms with van der Waals surface area (Å²) in [4.78, 5) is 10.4. The highest BCUT2D eigenvalue weighted by atomic mass is 19.1. The molecule has 1 N–H and O–H groups in total. The van der Waals surface area contributed by atoms with Crippen molar-refractivity contribution in [3.63, 3.8) is 0 Å². The zero-order valence-corrected chi connectivity index (χ0v) is 17.2. The minimum absolute atomic E-state index is 0.0375. The summed E-state index contributed by atoms with van der Waals surface area (Å²) in [5.74, 6) is -0.483. The molecule has 31 heavy (non-hydrogen) atoms. The Kier molecular flexibility index (Phi) is 6.53. The van der Waals surface area contributed by atoms with Crippen LogP contribution >= 0.6 is 0 Å². The van der Waals surface area contributed by atoms with Gasteiger partial charge in [0.15, 0.2) is 0 Å². The monoisotopic (exact) mass is 425 g/mol. The van der Waals surface area contributed by atoms with Crippen LogP contribution in [0.3, 0.4) is 0 Å². The average Bonchev–Trinajstić information content (AvgIpc) is 2.78. The molecular formula is C24H25F2N3O2. The van der Waals surface area contributed by atoms with Gasteiger partial charge in [0.1, 0.15) is 17.4 Å². The Hall–Kier alpha value is -2.90. The van der Waals surface area contributed by atoms with Crippen LogP contribution in [0.1, 0.15) is 24.0 Å². The smallest absolute Gasteiger partial charge is 0.321 e. The van der Waals surface area contributed by atoms with Gasteiger partial charge in [-0.15, -0.1) is 0 Å². The number of nitrogens with zero attached hydrogens (tertiary/aromatic N) is 3. The van der Waals surface area contributed by atoms with Crippen LogP contribution in [0.5, 0.6) is 11.8 Å². The van der Waals surface area contributed by atoms with Crippen molar-refractivity contribution in [1.82, 2.24) is 14.9 Å². The summed E-state index contributed by atoms with van der Waals surface area (Å²) < 4.78 is 33.1. The van der Waals surface area contributed by atoms with Gasteiger partial charge >= 0.3 is 6.01 Å². The highest BCUT2D eigenvalue weighted by Crippen LogP contribution is 2.35. The predicted molar refractivity (Wildman–Crippen MR) is 113 cm³/mol. The third-order valence-electron chi connectivity index (χ3n) is 5.74. The number of benzene rings is 2. The second-order valence-electron chi connectivity index (χ2n) is 8.16. The molecule has 5 nitrogen and oxygen atoms in total. The molecule has 0 bridgehead atoms. The van der Waals surface area contributed by atoms with Crippen LogP contribution in [0.2, 0.25) is 0 Å². The van der Waals surface area contributed by atoms with Gasteiger partial charge in [0, 0.05) is 37.0 Å². The molecule has 1 aromatic heterocycles. The Morgan fingerprint density at radius 1 is 1.06 bits per heavy atom. The Balaban J connectivity index is 1.40. The molecule has 1 fully saturated rings. The topological polar surface area (TPSA) is 58.5 Å². The number of halogens is 2. The maximum Gasteiger partial charge on any atom is 0.321 e. The van der Waals surface area contributed by atoms with Gasteiger partial charge in [-0.2, -0.15) is 0 Å². The van der Waals surface area contributed by atoms with Gasteiger partial charge in [-0.3, -0.25) is 4.90 Å². The highest BCUT2D eigenvalue weighted by molar-refractivity contribution is 5.29. The van der Waals surface area contributed by atoms with Gasteiger partial charge in [-0.25, -0.2) is 18.7 Å². The standard InChI is InChI=1S/C24H25F2N3O2/c25-20-6-5-19(22(26)13-20)14-24(17-30)9-1-12-29(16-24)15-18-3-7-21(8-4-18)31-23-27-10-2-11-28-23/h2-8,10-11,13,30H,1,9,12,14-17H2/t24-/m1/s1. The molecule has 1 aliphatic heterocycles. The predicted octanol–water partition coefficient (Wildman–Crippen LogP) is 4.36. The fraction of sp³-hybridized carbons (Fsp3) is 0.333. The first-order valence-electron chi connectivity index (χ1n) is 10.4. The molecule has 1 aliphatic rings.